The van der Waals surface area contributed by atoms with Gasteiger partial charge in [0.05, 0.1) is 10.6 Å². The predicted octanol–water partition coefficient (Wildman–Crippen LogP) is 2.44. The number of nitrogens with one attached hydrogen (secondary N) is 1. The van der Waals surface area contributed by atoms with Crippen molar-refractivity contribution >= 4 is 32.7 Å². The number of nitrogen functional groups attached to an aromatic ring is 1. The molecule has 4 nitrogen and oxygen atoms in total. The Labute approximate surface area is 104 Å². The van der Waals surface area contributed by atoms with Gasteiger partial charge in [-0.25, -0.2) is 8.42 Å². The molecule has 17 heavy (non-hydrogen) atoms. The van der Waals surface area contributed by atoms with E-state index in [-0.39, 0.29) is 4.90 Å². The topological polar surface area (TPSA) is 72.2 Å². The summed E-state index contributed by atoms with van der Waals surface area (Å²) >= 11 is 1.43. The molecule has 0 saturated heterocycles. The van der Waals surface area contributed by atoms with Crippen molar-refractivity contribution in [3.8, 4) is 0 Å². The minimum Gasteiger partial charge on any atom is -0.399 e. The number of benzene rings is 1. The molecule has 1 aromatic carbocycles. The third kappa shape index (κ3) is 2.59. The fourth-order valence-corrected chi connectivity index (χ4v) is 3.15. The smallest absolute Gasteiger partial charge is 0.261 e. The first-order valence-corrected chi connectivity index (χ1v) is 7.33. The first kappa shape index (κ1) is 11.9. The average molecular weight is 268 g/mol. The second kappa shape index (κ2) is 4.38. The molecule has 0 unspecified atom stereocenters. The van der Waals surface area contributed by atoms with Crippen LogP contribution in [0.4, 0.5) is 11.4 Å². The summed E-state index contributed by atoms with van der Waals surface area (Å²) < 4.78 is 26.5. The van der Waals surface area contributed by atoms with Crippen molar-refractivity contribution in [2.24, 2.45) is 0 Å². The SMILES string of the molecule is Cc1cc(S(=O)(=O)Nc2ccsc2)ccc1N. The van der Waals surface area contributed by atoms with Gasteiger partial charge < -0.3 is 5.73 Å². The van der Waals surface area contributed by atoms with E-state index in [9.17, 15) is 8.42 Å². The highest BCUT2D eigenvalue weighted by Gasteiger charge is 2.14. The zero-order valence-corrected chi connectivity index (χ0v) is 10.8. The lowest BCUT2D eigenvalue weighted by molar-refractivity contribution is 0.601. The zero-order chi connectivity index (χ0) is 12.5. The summed E-state index contributed by atoms with van der Waals surface area (Å²) in [5, 5.41) is 3.55. The molecule has 2 aromatic rings. The summed E-state index contributed by atoms with van der Waals surface area (Å²) in [6, 6.07) is 6.37. The Morgan fingerprint density at radius 3 is 2.65 bits per heavy atom. The fourth-order valence-electron chi connectivity index (χ4n) is 1.35. The Bertz CT molecular complexity index is 619. The van der Waals surface area contributed by atoms with Crippen LogP contribution in [0.15, 0.2) is 39.9 Å². The molecule has 0 amide bonds. The number of aryl methyl sites for hydroxylation is 1. The van der Waals surface area contributed by atoms with Gasteiger partial charge in [-0.05, 0) is 42.1 Å². The minimum absolute atomic E-state index is 0.218. The molecule has 1 aromatic heterocycles. The first-order chi connectivity index (χ1) is 7.99. The highest BCUT2D eigenvalue weighted by molar-refractivity contribution is 7.92. The Kier molecular flexibility index (Phi) is 3.08. The number of hydrogen-bond acceptors (Lipinski definition) is 4. The molecule has 0 atom stereocenters. The first-order valence-electron chi connectivity index (χ1n) is 4.90. The molecular formula is C11H12N2O2S2. The monoisotopic (exact) mass is 268 g/mol. The zero-order valence-electron chi connectivity index (χ0n) is 9.17. The molecule has 0 fully saturated rings. The van der Waals surface area contributed by atoms with E-state index in [1.54, 1.807) is 30.5 Å². The van der Waals surface area contributed by atoms with Gasteiger partial charge in [0.1, 0.15) is 0 Å². The molecule has 0 radical (unpaired) electrons. The molecule has 0 aliphatic heterocycles. The molecule has 0 spiro atoms. The van der Waals surface area contributed by atoms with Gasteiger partial charge >= 0.3 is 0 Å². The van der Waals surface area contributed by atoms with Gasteiger partial charge in [-0.15, -0.1) is 0 Å². The third-order valence-electron chi connectivity index (χ3n) is 2.32. The second-order valence-corrected chi connectivity index (χ2v) is 6.10. The number of anilines is 2. The molecule has 0 saturated carbocycles. The molecular weight excluding hydrogens is 256 g/mol. The van der Waals surface area contributed by atoms with E-state index in [0.717, 1.165) is 5.56 Å². The second-order valence-electron chi connectivity index (χ2n) is 3.64. The predicted molar refractivity (Wildman–Crippen MR) is 70.7 cm³/mol. The van der Waals surface area contributed by atoms with Crippen LogP contribution in [-0.4, -0.2) is 8.42 Å². The molecule has 6 heteroatoms. The van der Waals surface area contributed by atoms with Crippen LogP contribution in [0.2, 0.25) is 0 Å². The molecule has 0 aliphatic carbocycles. The van der Waals surface area contributed by atoms with Crippen LogP contribution < -0.4 is 10.5 Å². The summed E-state index contributed by atoms with van der Waals surface area (Å²) in [5.41, 5.74) is 7.56. The van der Waals surface area contributed by atoms with Crippen molar-refractivity contribution in [1.29, 1.82) is 0 Å². The van der Waals surface area contributed by atoms with Gasteiger partial charge in [0.25, 0.3) is 10.0 Å². The maximum absolute atomic E-state index is 12.0. The highest BCUT2D eigenvalue weighted by atomic mass is 32.2. The van der Waals surface area contributed by atoms with E-state index < -0.39 is 10.0 Å². The van der Waals surface area contributed by atoms with Crippen LogP contribution in [0.1, 0.15) is 5.56 Å². The van der Waals surface area contributed by atoms with Gasteiger partial charge in [0.15, 0.2) is 0 Å². The number of hydrogen-bond donors (Lipinski definition) is 2. The molecule has 90 valence electrons. The average Bonchev–Trinajstić information content (AvgIpc) is 2.73. The lowest BCUT2D eigenvalue weighted by atomic mass is 10.2. The Balaban J connectivity index is 2.35. The minimum atomic E-state index is -3.52. The van der Waals surface area contributed by atoms with Gasteiger partial charge in [0, 0.05) is 11.1 Å². The lowest BCUT2D eigenvalue weighted by Crippen LogP contribution is -2.12. The van der Waals surface area contributed by atoms with Crippen LogP contribution in [-0.2, 0) is 10.0 Å². The molecule has 0 bridgehead atoms. The van der Waals surface area contributed by atoms with E-state index in [4.69, 9.17) is 5.73 Å². The molecule has 0 aliphatic rings. The Morgan fingerprint density at radius 1 is 1.29 bits per heavy atom. The Hall–Kier alpha value is -1.53. The van der Waals surface area contributed by atoms with Gasteiger partial charge in [-0.3, -0.25) is 4.72 Å². The van der Waals surface area contributed by atoms with Crippen LogP contribution in [0.5, 0.6) is 0 Å². The van der Waals surface area contributed by atoms with Gasteiger partial charge in [-0.1, -0.05) is 0 Å². The van der Waals surface area contributed by atoms with Crippen molar-refractivity contribution < 1.29 is 8.42 Å². The summed E-state index contributed by atoms with van der Waals surface area (Å²) in [6.07, 6.45) is 0. The van der Waals surface area contributed by atoms with Crippen LogP contribution >= 0.6 is 11.3 Å². The largest absolute Gasteiger partial charge is 0.399 e. The van der Waals surface area contributed by atoms with E-state index in [1.807, 2.05) is 5.38 Å². The van der Waals surface area contributed by atoms with Crippen molar-refractivity contribution in [2.75, 3.05) is 10.5 Å². The van der Waals surface area contributed by atoms with Gasteiger partial charge in [0.2, 0.25) is 0 Å². The Morgan fingerprint density at radius 2 is 2.06 bits per heavy atom. The highest BCUT2D eigenvalue weighted by Crippen LogP contribution is 2.21. The molecule has 3 N–H and O–H groups in total. The number of sulfonamides is 1. The number of rotatable bonds is 3. The van der Waals surface area contributed by atoms with Crippen LogP contribution in [0.3, 0.4) is 0 Å². The van der Waals surface area contributed by atoms with Gasteiger partial charge in [-0.2, -0.15) is 11.3 Å². The third-order valence-corrected chi connectivity index (χ3v) is 4.39. The standard InChI is InChI=1S/C11H12N2O2S2/c1-8-6-10(2-3-11(8)12)17(14,15)13-9-4-5-16-7-9/h2-7,13H,12H2,1H3. The van der Waals surface area contributed by atoms with E-state index in [2.05, 4.69) is 4.72 Å². The maximum atomic E-state index is 12.0. The number of nitrogens with two attached hydrogens (primary N) is 1. The fraction of sp³-hybridized carbons (Fsp3) is 0.0909. The van der Waals surface area contributed by atoms with Crippen LogP contribution in [0, 0.1) is 6.92 Å². The quantitative estimate of drug-likeness (QED) is 0.840. The lowest BCUT2D eigenvalue weighted by Gasteiger charge is -2.08. The number of thiophene rings is 1. The maximum Gasteiger partial charge on any atom is 0.261 e. The van der Waals surface area contributed by atoms with E-state index in [1.165, 1.54) is 17.4 Å². The van der Waals surface area contributed by atoms with Crippen molar-refractivity contribution in [2.45, 2.75) is 11.8 Å². The molecule has 2 rings (SSSR count). The van der Waals surface area contributed by atoms with E-state index >= 15 is 0 Å². The summed E-state index contributed by atoms with van der Waals surface area (Å²) in [4.78, 5) is 0.218. The molecule has 1 heterocycles. The van der Waals surface area contributed by atoms with Crippen molar-refractivity contribution in [1.82, 2.24) is 0 Å². The normalized spacial score (nSPS) is 11.4. The summed E-state index contributed by atoms with van der Waals surface area (Å²) in [6.45, 7) is 1.78. The van der Waals surface area contributed by atoms with Crippen molar-refractivity contribution in [3.05, 3.63) is 40.6 Å². The van der Waals surface area contributed by atoms with E-state index in [0.29, 0.717) is 11.4 Å². The van der Waals surface area contributed by atoms with Crippen molar-refractivity contribution in [3.63, 3.8) is 0 Å². The van der Waals surface area contributed by atoms with Crippen LogP contribution in [0.25, 0.3) is 0 Å². The summed E-state index contributed by atoms with van der Waals surface area (Å²) in [7, 11) is -3.52. The summed E-state index contributed by atoms with van der Waals surface area (Å²) in [5.74, 6) is 0.